The van der Waals surface area contributed by atoms with Crippen LogP contribution in [0.1, 0.15) is 16.2 Å². The summed E-state index contributed by atoms with van der Waals surface area (Å²) in [6.45, 7) is 0.114. The van der Waals surface area contributed by atoms with Gasteiger partial charge >= 0.3 is 0 Å². The molecule has 8 heteroatoms. The summed E-state index contributed by atoms with van der Waals surface area (Å²) in [6, 6.07) is 3.95. The number of hydrogen-bond acceptors (Lipinski definition) is 5. The zero-order valence-electron chi connectivity index (χ0n) is 9.48. The Morgan fingerprint density at radius 1 is 1.56 bits per heavy atom. The van der Waals surface area contributed by atoms with Gasteiger partial charge in [-0.3, -0.25) is 4.79 Å². The molecule has 0 fully saturated rings. The molecule has 0 radical (unpaired) electrons. The number of rotatable bonds is 4. The third-order valence-electron chi connectivity index (χ3n) is 2.21. The Kier molecular flexibility index (Phi) is 3.46. The van der Waals surface area contributed by atoms with Crippen LogP contribution in [0.4, 0.5) is 4.39 Å². The van der Waals surface area contributed by atoms with Crippen LogP contribution in [-0.2, 0) is 6.54 Å². The maximum absolute atomic E-state index is 13.4. The van der Waals surface area contributed by atoms with Crippen LogP contribution in [-0.4, -0.2) is 33.6 Å². The predicted molar refractivity (Wildman–Crippen MR) is 58.3 cm³/mol. The van der Waals surface area contributed by atoms with Crippen molar-refractivity contribution in [3.8, 4) is 5.75 Å². The van der Waals surface area contributed by atoms with Crippen molar-refractivity contribution in [2.45, 2.75) is 6.54 Å². The fourth-order valence-corrected chi connectivity index (χ4v) is 1.33. The molecule has 7 nitrogen and oxygen atoms in total. The van der Waals surface area contributed by atoms with Gasteiger partial charge in [0.2, 0.25) is 0 Å². The molecule has 2 aromatic rings. The van der Waals surface area contributed by atoms with Crippen molar-refractivity contribution in [3.63, 3.8) is 0 Å². The molecule has 18 heavy (non-hydrogen) atoms. The molecule has 0 saturated heterocycles. The van der Waals surface area contributed by atoms with E-state index in [0.29, 0.717) is 5.82 Å². The van der Waals surface area contributed by atoms with Gasteiger partial charge in [-0.25, -0.2) is 4.39 Å². The largest absolute Gasteiger partial charge is 0.494 e. The number of aromatic nitrogens is 4. The average molecular weight is 251 g/mol. The summed E-state index contributed by atoms with van der Waals surface area (Å²) in [5.41, 5.74) is 0.191. The van der Waals surface area contributed by atoms with Crippen molar-refractivity contribution in [1.82, 2.24) is 25.9 Å². The predicted octanol–water partition coefficient (Wildman–Crippen LogP) is 0.277. The summed E-state index contributed by atoms with van der Waals surface area (Å²) in [6.07, 6.45) is 0. The molecule has 1 heterocycles. The molecule has 2 rings (SSSR count). The first-order chi connectivity index (χ1) is 8.70. The van der Waals surface area contributed by atoms with Gasteiger partial charge in [-0.05, 0) is 18.2 Å². The van der Waals surface area contributed by atoms with Crippen molar-refractivity contribution in [3.05, 3.63) is 35.4 Å². The number of benzene rings is 1. The highest BCUT2D eigenvalue weighted by molar-refractivity contribution is 5.94. The van der Waals surface area contributed by atoms with Gasteiger partial charge in [0.15, 0.2) is 17.4 Å². The van der Waals surface area contributed by atoms with Crippen LogP contribution in [0.25, 0.3) is 0 Å². The summed E-state index contributed by atoms with van der Waals surface area (Å²) >= 11 is 0. The SMILES string of the molecule is COc1ccc(C(=O)NCc2nn[nH]n2)cc1F. The molecule has 0 spiro atoms. The molecule has 0 unspecified atom stereocenters. The molecule has 0 aliphatic heterocycles. The lowest BCUT2D eigenvalue weighted by atomic mass is 10.2. The first kappa shape index (κ1) is 12.0. The van der Waals surface area contributed by atoms with Crippen LogP contribution in [0.3, 0.4) is 0 Å². The van der Waals surface area contributed by atoms with Gasteiger partial charge in [-0.2, -0.15) is 5.21 Å². The molecule has 1 amide bonds. The lowest BCUT2D eigenvalue weighted by molar-refractivity contribution is 0.0949. The van der Waals surface area contributed by atoms with Gasteiger partial charge in [0.1, 0.15) is 0 Å². The van der Waals surface area contributed by atoms with E-state index in [-0.39, 0.29) is 17.9 Å². The van der Waals surface area contributed by atoms with Gasteiger partial charge in [-0.1, -0.05) is 5.21 Å². The van der Waals surface area contributed by atoms with Gasteiger partial charge in [0.25, 0.3) is 5.91 Å². The minimum atomic E-state index is -0.593. The van der Waals surface area contributed by atoms with Crippen LogP contribution in [0.2, 0.25) is 0 Å². The molecule has 2 N–H and O–H groups in total. The second-order valence-corrected chi connectivity index (χ2v) is 3.36. The minimum Gasteiger partial charge on any atom is -0.494 e. The molecule has 1 aromatic heterocycles. The first-order valence-corrected chi connectivity index (χ1v) is 5.05. The highest BCUT2D eigenvalue weighted by Crippen LogP contribution is 2.17. The van der Waals surface area contributed by atoms with Crippen molar-refractivity contribution in [1.29, 1.82) is 0 Å². The van der Waals surface area contributed by atoms with Gasteiger partial charge in [0.05, 0.1) is 13.7 Å². The van der Waals surface area contributed by atoms with E-state index in [1.165, 1.54) is 19.2 Å². The zero-order chi connectivity index (χ0) is 13.0. The number of ether oxygens (including phenoxy) is 1. The number of carbonyl (C=O) groups is 1. The maximum Gasteiger partial charge on any atom is 0.251 e. The molecule has 0 aliphatic carbocycles. The van der Waals surface area contributed by atoms with E-state index in [0.717, 1.165) is 6.07 Å². The van der Waals surface area contributed by atoms with E-state index in [2.05, 4.69) is 25.9 Å². The van der Waals surface area contributed by atoms with Crippen molar-refractivity contribution in [2.75, 3.05) is 7.11 Å². The second kappa shape index (κ2) is 5.21. The third kappa shape index (κ3) is 2.59. The number of tetrazole rings is 1. The number of aromatic amines is 1. The highest BCUT2D eigenvalue weighted by Gasteiger charge is 2.10. The first-order valence-electron chi connectivity index (χ1n) is 5.05. The topological polar surface area (TPSA) is 92.8 Å². The molecule has 94 valence electrons. The number of amides is 1. The minimum absolute atomic E-state index is 0.0877. The van der Waals surface area contributed by atoms with Gasteiger partial charge < -0.3 is 10.1 Å². The molecule has 0 atom stereocenters. The van der Waals surface area contributed by atoms with E-state index < -0.39 is 11.7 Å². The fraction of sp³-hybridized carbons (Fsp3) is 0.200. The third-order valence-corrected chi connectivity index (χ3v) is 2.21. The molecule has 0 saturated carbocycles. The lowest BCUT2D eigenvalue weighted by Gasteiger charge is -2.05. The standard InChI is InChI=1S/C10H10FN5O2/c1-18-8-3-2-6(4-7(8)11)10(17)12-5-9-13-15-16-14-9/h2-4H,5H2,1H3,(H,12,17)(H,13,14,15,16). The number of nitrogens with zero attached hydrogens (tertiary/aromatic N) is 3. The van der Waals surface area contributed by atoms with E-state index in [9.17, 15) is 9.18 Å². The van der Waals surface area contributed by atoms with Crippen molar-refractivity contribution < 1.29 is 13.9 Å². The van der Waals surface area contributed by atoms with Crippen LogP contribution < -0.4 is 10.1 Å². The lowest BCUT2D eigenvalue weighted by Crippen LogP contribution is -2.23. The van der Waals surface area contributed by atoms with E-state index in [1.54, 1.807) is 0 Å². The Hall–Kier alpha value is -2.51. The van der Waals surface area contributed by atoms with Crippen molar-refractivity contribution in [2.24, 2.45) is 0 Å². The molecular formula is C10H10FN5O2. The van der Waals surface area contributed by atoms with Gasteiger partial charge in [-0.15, -0.1) is 10.2 Å². The number of methoxy groups -OCH3 is 1. The van der Waals surface area contributed by atoms with Crippen molar-refractivity contribution >= 4 is 5.91 Å². The number of H-pyrrole nitrogens is 1. The zero-order valence-corrected chi connectivity index (χ0v) is 9.48. The average Bonchev–Trinajstić information content (AvgIpc) is 2.89. The normalized spacial score (nSPS) is 10.1. The molecule has 0 bridgehead atoms. The van der Waals surface area contributed by atoms with E-state index in [1.807, 2.05) is 0 Å². The van der Waals surface area contributed by atoms with Gasteiger partial charge in [0, 0.05) is 5.56 Å². The molecular weight excluding hydrogens is 241 g/mol. The van der Waals surface area contributed by atoms with Crippen LogP contribution >= 0.6 is 0 Å². The van der Waals surface area contributed by atoms with E-state index in [4.69, 9.17) is 4.74 Å². The summed E-state index contributed by atoms with van der Waals surface area (Å²) in [7, 11) is 1.36. The highest BCUT2D eigenvalue weighted by atomic mass is 19.1. The Morgan fingerprint density at radius 3 is 3.00 bits per heavy atom. The summed E-state index contributed by atoms with van der Waals surface area (Å²) in [4.78, 5) is 11.7. The quantitative estimate of drug-likeness (QED) is 0.814. The Balaban J connectivity index is 2.02. The maximum atomic E-state index is 13.4. The second-order valence-electron chi connectivity index (χ2n) is 3.36. The molecule has 0 aliphatic rings. The monoisotopic (exact) mass is 251 g/mol. The number of halogens is 1. The fourth-order valence-electron chi connectivity index (χ4n) is 1.33. The Labute approximate surface area is 101 Å². The number of nitrogens with one attached hydrogen (secondary N) is 2. The van der Waals surface area contributed by atoms with E-state index >= 15 is 0 Å². The summed E-state index contributed by atoms with van der Waals surface area (Å²) in [5, 5.41) is 15.5. The Morgan fingerprint density at radius 2 is 2.39 bits per heavy atom. The number of hydrogen-bond donors (Lipinski definition) is 2. The van der Waals surface area contributed by atoms with Crippen LogP contribution in [0.15, 0.2) is 18.2 Å². The molecule has 1 aromatic carbocycles. The van der Waals surface area contributed by atoms with Crippen LogP contribution in [0.5, 0.6) is 5.75 Å². The Bertz CT molecular complexity index is 543. The van der Waals surface area contributed by atoms with Crippen LogP contribution in [0, 0.1) is 5.82 Å². The number of carbonyl (C=O) groups excluding carboxylic acids is 1. The summed E-state index contributed by atoms with van der Waals surface area (Å²) < 4.78 is 18.1. The summed E-state index contributed by atoms with van der Waals surface area (Å²) in [5.74, 6) is -0.590. The smallest absolute Gasteiger partial charge is 0.251 e.